The lowest BCUT2D eigenvalue weighted by molar-refractivity contribution is -0.146. The van der Waals surface area contributed by atoms with Crippen LogP contribution < -0.4 is 11.1 Å². The van der Waals surface area contributed by atoms with E-state index in [9.17, 15) is 24.0 Å². The molecule has 2 unspecified atom stereocenters. The van der Waals surface area contributed by atoms with Crippen molar-refractivity contribution in [3.63, 3.8) is 0 Å². The summed E-state index contributed by atoms with van der Waals surface area (Å²) in [5.41, 5.74) is 5.99. The lowest BCUT2D eigenvalue weighted by Gasteiger charge is -2.33. The molecule has 198 valence electrons. The van der Waals surface area contributed by atoms with Crippen molar-refractivity contribution in [3.8, 4) is 0 Å². The van der Waals surface area contributed by atoms with Crippen molar-refractivity contribution >= 4 is 35.4 Å². The van der Waals surface area contributed by atoms with E-state index in [2.05, 4.69) is 5.32 Å². The third kappa shape index (κ3) is 4.40. The topological polar surface area (TPSA) is 139 Å². The molecule has 1 saturated heterocycles. The average Bonchev–Trinajstić information content (AvgIpc) is 3.64. The standard InChI is InChI=1S/C28H30N4O6/c1-16(19-8-9-19)31(15-18-6-4-3-5-7-18)25(35)17(2)32-26(36)28(38-27(32)37)13-12-20-14-21(10-11-22(20)28)30-24(34)23(29)33/h3-7,10-11,14,16-17,19H,8-9,12-13,15H2,1-2H3,(H2,29,33)(H,30,34)/t16-,17?,28?/m0/s1. The molecule has 0 radical (unpaired) electrons. The lowest BCUT2D eigenvalue weighted by Crippen LogP contribution is -2.52. The average molecular weight is 519 g/mol. The highest BCUT2D eigenvalue weighted by molar-refractivity contribution is 6.39. The molecule has 5 amide bonds. The Labute approximate surface area is 220 Å². The number of nitrogens with zero attached hydrogens (tertiary/aromatic N) is 2. The Hall–Kier alpha value is -4.21. The molecule has 3 atom stereocenters. The van der Waals surface area contributed by atoms with E-state index in [0.717, 1.165) is 23.3 Å². The minimum absolute atomic E-state index is 0.0333. The van der Waals surface area contributed by atoms with Gasteiger partial charge in [0.25, 0.3) is 5.91 Å². The molecule has 10 nitrogen and oxygen atoms in total. The highest BCUT2D eigenvalue weighted by atomic mass is 16.6. The molecule has 5 rings (SSSR count). The summed E-state index contributed by atoms with van der Waals surface area (Å²) in [7, 11) is 0. The number of benzene rings is 2. The van der Waals surface area contributed by atoms with E-state index in [0.29, 0.717) is 35.7 Å². The van der Waals surface area contributed by atoms with Crippen LogP contribution in [0.1, 0.15) is 49.8 Å². The van der Waals surface area contributed by atoms with Crippen LogP contribution in [0.15, 0.2) is 48.5 Å². The Morgan fingerprint density at radius 3 is 2.50 bits per heavy atom. The Kier molecular flexibility index (Phi) is 6.42. The van der Waals surface area contributed by atoms with Gasteiger partial charge in [0, 0.05) is 30.3 Å². The summed E-state index contributed by atoms with van der Waals surface area (Å²) in [5, 5.41) is 2.40. The van der Waals surface area contributed by atoms with E-state index in [1.165, 1.54) is 6.07 Å². The molecule has 2 aromatic rings. The molecular formula is C28H30N4O6. The number of aryl methyl sites for hydroxylation is 1. The molecule has 3 aliphatic rings. The molecule has 1 spiro atoms. The first-order chi connectivity index (χ1) is 18.1. The summed E-state index contributed by atoms with van der Waals surface area (Å²) >= 11 is 0. The summed E-state index contributed by atoms with van der Waals surface area (Å²) in [6.07, 6.45) is 1.85. The van der Waals surface area contributed by atoms with Gasteiger partial charge in [-0.15, -0.1) is 0 Å². The molecule has 2 fully saturated rings. The number of hydrogen-bond donors (Lipinski definition) is 2. The zero-order valence-corrected chi connectivity index (χ0v) is 21.3. The molecule has 1 aliphatic heterocycles. The number of fused-ring (bicyclic) bond motifs is 2. The molecule has 38 heavy (non-hydrogen) atoms. The predicted octanol–water partition coefficient (Wildman–Crippen LogP) is 2.45. The van der Waals surface area contributed by atoms with Crippen LogP contribution in [0, 0.1) is 5.92 Å². The Morgan fingerprint density at radius 1 is 1.13 bits per heavy atom. The van der Waals surface area contributed by atoms with Crippen molar-refractivity contribution in [3.05, 3.63) is 65.2 Å². The van der Waals surface area contributed by atoms with Gasteiger partial charge in [0.15, 0.2) is 0 Å². The third-order valence-electron chi connectivity index (χ3n) is 7.81. The minimum Gasteiger partial charge on any atom is -0.427 e. The van der Waals surface area contributed by atoms with Gasteiger partial charge in [-0.25, -0.2) is 9.69 Å². The Bertz CT molecular complexity index is 1320. The summed E-state index contributed by atoms with van der Waals surface area (Å²) in [4.78, 5) is 66.1. The highest BCUT2D eigenvalue weighted by Crippen LogP contribution is 2.46. The van der Waals surface area contributed by atoms with E-state index in [-0.39, 0.29) is 18.4 Å². The van der Waals surface area contributed by atoms with Gasteiger partial charge in [-0.1, -0.05) is 36.4 Å². The lowest BCUT2D eigenvalue weighted by atomic mass is 9.94. The number of primary amides is 1. The first-order valence-corrected chi connectivity index (χ1v) is 12.8. The van der Waals surface area contributed by atoms with E-state index < -0.39 is 35.5 Å². The number of nitrogens with one attached hydrogen (secondary N) is 1. The van der Waals surface area contributed by atoms with Gasteiger partial charge in [-0.2, -0.15) is 0 Å². The molecular weight excluding hydrogens is 488 g/mol. The minimum atomic E-state index is -1.53. The number of carbonyl (C=O) groups is 5. The van der Waals surface area contributed by atoms with E-state index in [1.807, 2.05) is 37.3 Å². The van der Waals surface area contributed by atoms with Crippen molar-refractivity contribution in [2.75, 3.05) is 5.32 Å². The summed E-state index contributed by atoms with van der Waals surface area (Å²) in [6, 6.07) is 13.3. The van der Waals surface area contributed by atoms with Crippen LogP contribution in [0.2, 0.25) is 0 Å². The van der Waals surface area contributed by atoms with Crippen molar-refractivity contribution in [2.24, 2.45) is 11.7 Å². The van der Waals surface area contributed by atoms with E-state index >= 15 is 0 Å². The largest absolute Gasteiger partial charge is 0.427 e. The summed E-state index contributed by atoms with van der Waals surface area (Å²) in [6.45, 7) is 3.96. The number of rotatable bonds is 7. The van der Waals surface area contributed by atoms with Crippen LogP contribution >= 0.6 is 0 Å². The number of carbonyl (C=O) groups excluding carboxylic acids is 5. The first-order valence-electron chi connectivity index (χ1n) is 12.8. The maximum absolute atomic E-state index is 13.8. The van der Waals surface area contributed by atoms with Gasteiger partial charge >= 0.3 is 17.9 Å². The second-order valence-electron chi connectivity index (χ2n) is 10.3. The monoisotopic (exact) mass is 518 g/mol. The summed E-state index contributed by atoms with van der Waals surface area (Å²) in [5.74, 6) is -2.56. The Balaban J connectivity index is 1.38. The molecule has 3 N–H and O–H groups in total. The normalized spacial score (nSPS) is 21.6. The number of hydrogen-bond acceptors (Lipinski definition) is 6. The van der Waals surface area contributed by atoms with Gasteiger partial charge in [-0.3, -0.25) is 19.2 Å². The fourth-order valence-electron chi connectivity index (χ4n) is 5.48. The van der Waals surface area contributed by atoms with E-state index in [4.69, 9.17) is 10.5 Å². The first kappa shape index (κ1) is 25.4. The molecule has 1 saturated carbocycles. The highest BCUT2D eigenvalue weighted by Gasteiger charge is 2.60. The zero-order valence-electron chi connectivity index (χ0n) is 21.3. The van der Waals surface area contributed by atoms with Crippen LogP contribution in [-0.2, 0) is 42.5 Å². The van der Waals surface area contributed by atoms with Crippen LogP contribution in [-0.4, -0.2) is 51.6 Å². The smallest absolute Gasteiger partial charge is 0.418 e. The zero-order chi connectivity index (χ0) is 27.2. The second-order valence-corrected chi connectivity index (χ2v) is 10.3. The maximum Gasteiger partial charge on any atom is 0.418 e. The van der Waals surface area contributed by atoms with Crippen LogP contribution in [0.25, 0.3) is 0 Å². The van der Waals surface area contributed by atoms with Gasteiger partial charge in [0.2, 0.25) is 11.5 Å². The van der Waals surface area contributed by atoms with Gasteiger partial charge in [0.1, 0.15) is 6.04 Å². The molecule has 1 heterocycles. The fraction of sp³-hybridized carbons (Fsp3) is 0.393. The van der Waals surface area contributed by atoms with Gasteiger partial charge in [-0.05, 0) is 62.3 Å². The SMILES string of the molecule is CC(C(=O)N(Cc1ccccc1)[C@@H](C)C1CC1)N1C(=O)OC2(CCc3cc(NC(=O)C(N)=O)ccc32)C1=O. The molecule has 10 heteroatoms. The molecule has 2 aliphatic carbocycles. The molecule has 0 aromatic heterocycles. The van der Waals surface area contributed by atoms with Crippen molar-refractivity contribution in [1.29, 1.82) is 0 Å². The van der Waals surface area contributed by atoms with Gasteiger partial charge < -0.3 is 20.7 Å². The molecule has 0 bridgehead atoms. The number of anilines is 1. The van der Waals surface area contributed by atoms with Crippen LogP contribution in [0.4, 0.5) is 10.5 Å². The molecule has 2 aromatic carbocycles. The third-order valence-corrected chi connectivity index (χ3v) is 7.81. The quantitative estimate of drug-likeness (QED) is 0.540. The van der Waals surface area contributed by atoms with E-state index in [1.54, 1.807) is 24.0 Å². The number of amides is 5. The van der Waals surface area contributed by atoms with Crippen LogP contribution in [0.3, 0.4) is 0 Å². The van der Waals surface area contributed by atoms with Crippen molar-refractivity contribution in [1.82, 2.24) is 9.80 Å². The fourth-order valence-corrected chi connectivity index (χ4v) is 5.48. The van der Waals surface area contributed by atoms with Crippen molar-refractivity contribution < 1.29 is 28.7 Å². The Morgan fingerprint density at radius 2 is 1.84 bits per heavy atom. The number of ether oxygens (including phenoxy) is 1. The van der Waals surface area contributed by atoms with Crippen LogP contribution in [0.5, 0.6) is 0 Å². The predicted molar refractivity (Wildman–Crippen MR) is 136 cm³/mol. The number of nitrogens with two attached hydrogens (primary N) is 1. The summed E-state index contributed by atoms with van der Waals surface area (Å²) < 4.78 is 5.72. The maximum atomic E-state index is 13.8. The van der Waals surface area contributed by atoms with Gasteiger partial charge in [0.05, 0.1) is 0 Å². The van der Waals surface area contributed by atoms with Crippen molar-refractivity contribution in [2.45, 2.75) is 63.8 Å². The number of imide groups is 1. The second kappa shape index (κ2) is 9.59.